The maximum absolute atomic E-state index is 14.3. The van der Waals surface area contributed by atoms with Crippen LogP contribution in [-0.4, -0.2) is 53.2 Å². The van der Waals surface area contributed by atoms with Crippen molar-refractivity contribution in [2.45, 2.75) is 37.8 Å². The van der Waals surface area contributed by atoms with Crippen LogP contribution in [0.2, 0.25) is 10.0 Å². The van der Waals surface area contributed by atoms with Crippen LogP contribution < -0.4 is 15.0 Å². The fraction of sp³-hybridized carbons (Fsp3) is 0.360. The first kappa shape index (κ1) is 30.7. The third-order valence-corrected chi connectivity index (χ3v) is 8.24. The third kappa shape index (κ3) is 8.34. The van der Waals surface area contributed by atoms with Gasteiger partial charge in [0.25, 0.3) is 0 Å². The van der Waals surface area contributed by atoms with Crippen LogP contribution in [0, 0.1) is 12.7 Å². The second-order valence-electron chi connectivity index (χ2n) is 8.60. The van der Waals surface area contributed by atoms with Gasteiger partial charge in [0, 0.05) is 42.8 Å². The van der Waals surface area contributed by atoms with Gasteiger partial charge in [-0.1, -0.05) is 29.3 Å². The van der Waals surface area contributed by atoms with E-state index in [2.05, 4.69) is 15.0 Å². The Hall–Kier alpha value is -2.80. The predicted molar refractivity (Wildman–Crippen MR) is 154 cm³/mol. The monoisotopic (exact) mass is 615 g/mol. The molecule has 39 heavy (non-hydrogen) atoms. The molecule has 0 spiro atoms. The van der Waals surface area contributed by atoms with Crippen LogP contribution in [0.4, 0.5) is 20.6 Å². The number of thioether (sulfide) groups is 1. The number of carbonyl (C=O) groups is 2. The van der Waals surface area contributed by atoms with Crippen LogP contribution in [0.3, 0.4) is 0 Å². The first-order chi connectivity index (χ1) is 18.5. The summed E-state index contributed by atoms with van der Waals surface area (Å²) in [5.41, 5.74) is 1.79. The Morgan fingerprint density at radius 2 is 1.85 bits per heavy atom. The average molecular weight is 617 g/mol. The number of esters is 1. The van der Waals surface area contributed by atoms with Crippen molar-refractivity contribution >= 4 is 69.7 Å². The van der Waals surface area contributed by atoms with E-state index >= 15 is 0 Å². The van der Waals surface area contributed by atoms with E-state index in [-0.39, 0.29) is 27.4 Å². The van der Waals surface area contributed by atoms with Gasteiger partial charge in [-0.2, -0.15) is 0 Å². The zero-order valence-corrected chi connectivity index (χ0v) is 24.9. The quantitative estimate of drug-likeness (QED) is 0.300. The smallest absolute Gasteiger partial charge is 0.325 e. The average Bonchev–Trinajstić information content (AvgIpc) is 3.22. The number of nitrogens with zero attached hydrogens (tertiary/aromatic N) is 4. The number of nitrogens with one attached hydrogen (secondary N) is 1. The number of fused-ring (bicyclic) bond motifs is 1. The van der Waals surface area contributed by atoms with Gasteiger partial charge in [0.1, 0.15) is 11.5 Å². The number of rotatable bonds is 5. The van der Waals surface area contributed by atoms with Crippen LogP contribution in [0.15, 0.2) is 45.0 Å². The van der Waals surface area contributed by atoms with Crippen LogP contribution in [0.1, 0.15) is 18.4 Å². The SMILES string of the molecule is COC(=O)CSc1cc(/N=c2\sc(=O)n3n2CCCC3)c(F)cc1Cl.Cc1ccc(NC(=O)N(C)C)cc1Cl. The van der Waals surface area contributed by atoms with Crippen molar-refractivity contribution in [3.8, 4) is 0 Å². The zero-order chi connectivity index (χ0) is 28.7. The van der Waals surface area contributed by atoms with Gasteiger partial charge in [0.2, 0.25) is 4.80 Å². The molecule has 0 atom stereocenters. The van der Waals surface area contributed by atoms with E-state index in [1.54, 1.807) is 29.5 Å². The first-order valence-corrected chi connectivity index (χ1v) is 14.3. The van der Waals surface area contributed by atoms with E-state index in [0.29, 0.717) is 33.5 Å². The van der Waals surface area contributed by atoms with Gasteiger partial charge >= 0.3 is 16.9 Å². The number of carbonyl (C=O) groups excluding carboxylic acids is 2. The fourth-order valence-electron chi connectivity index (χ4n) is 3.34. The highest BCUT2D eigenvalue weighted by Crippen LogP contribution is 2.33. The van der Waals surface area contributed by atoms with Crippen molar-refractivity contribution in [3.05, 3.63) is 66.2 Å². The van der Waals surface area contributed by atoms with Crippen molar-refractivity contribution in [2.75, 3.05) is 32.3 Å². The van der Waals surface area contributed by atoms with Gasteiger partial charge in [0.05, 0.1) is 17.9 Å². The minimum atomic E-state index is -0.580. The van der Waals surface area contributed by atoms with E-state index in [0.717, 1.165) is 47.6 Å². The molecular formula is C25H28Cl2FN5O4S2. The van der Waals surface area contributed by atoms with Gasteiger partial charge in [0.15, 0.2) is 0 Å². The number of anilines is 1. The van der Waals surface area contributed by atoms with Gasteiger partial charge in [-0.05, 0) is 60.9 Å². The molecule has 0 radical (unpaired) electrons. The molecule has 0 aliphatic carbocycles. The molecule has 9 nitrogen and oxygen atoms in total. The minimum absolute atomic E-state index is 0.0605. The van der Waals surface area contributed by atoms with Crippen molar-refractivity contribution in [1.29, 1.82) is 0 Å². The molecule has 2 amide bonds. The van der Waals surface area contributed by atoms with E-state index in [1.807, 2.05) is 19.1 Å². The van der Waals surface area contributed by atoms with Gasteiger partial charge < -0.3 is 15.0 Å². The molecule has 0 fully saturated rings. The Bertz CT molecular complexity index is 1490. The number of hydrogen-bond acceptors (Lipinski definition) is 7. The molecule has 1 aromatic heterocycles. The second kappa shape index (κ2) is 14.0. The van der Waals surface area contributed by atoms with E-state index in [4.69, 9.17) is 23.2 Å². The summed E-state index contributed by atoms with van der Waals surface area (Å²) in [6, 6.07) is 7.91. The highest BCUT2D eigenvalue weighted by Gasteiger charge is 2.15. The predicted octanol–water partition coefficient (Wildman–Crippen LogP) is 5.54. The molecule has 0 unspecified atom stereocenters. The maximum atomic E-state index is 14.3. The number of methoxy groups -OCH3 is 1. The van der Waals surface area contributed by atoms with Gasteiger partial charge in [-0.3, -0.25) is 14.3 Å². The van der Waals surface area contributed by atoms with Gasteiger partial charge in [-0.15, -0.1) is 11.8 Å². The van der Waals surface area contributed by atoms with Crippen LogP contribution in [0.5, 0.6) is 0 Å². The molecule has 0 saturated carbocycles. The van der Waals surface area contributed by atoms with Crippen LogP contribution >= 0.6 is 46.3 Å². The summed E-state index contributed by atoms with van der Waals surface area (Å²) >= 11 is 14.1. The molecule has 210 valence electrons. The molecule has 2 aromatic carbocycles. The summed E-state index contributed by atoms with van der Waals surface area (Å²) < 4.78 is 22.3. The maximum Gasteiger partial charge on any atom is 0.325 e. The summed E-state index contributed by atoms with van der Waals surface area (Å²) in [5.74, 6) is -0.923. The van der Waals surface area contributed by atoms with Crippen molar-refractivity contribution in [3.63, 3.8) is 0 Å². The minimum Gasteiger partial charge on any atom is -0.468 e. The molecule has 1 N–H and O–H groups in total. The Morgan fingerprint density at radius 1 is 1.15 bits per heavy atom. The standard InChI is InChI=1S/C15H15ClFN3O3S2.C10H13ClN2O/c1-23-13(21)8-24-12-7-11(10(17)6-9(12)16)18-14-19-4-2-3-5-20(19)15(22)25-14;1-7-4-5-8(6-9(7)11)12-10(14)13(2)3/h6-7H,2-5,8H2,1H3;4-6H,1-3H3,(H,12,14)/b18-14-;. The largest absolute Gasteiger partial charge is 0.468 e. The molecular weight excluding hydrogens is 588 g/mol. The summed E-state index contributed by atoms with van der Waals surface area (Å²) in [6.45, 7) is 3.24. The van der Waals surface area contributed by atoms with E-state index in [9.17, 15) is 18.8 Å². The zero-order valence-electron chi connectivity index (χ0n) is 21.8. The summed E-state index contributed by atoms with van der Waals surface area (Å²) in [6.07, 6.45) is 1.90. The molecule has 0 bridgehead atoms. The van der Waals surface area contributed by atoms with Gasteiger partial charge in [-0.25, -0.2) is 18.9 Å². The molecule has 0 saturated heterocycles. The lowest BCUT2D eigenvalue weighted by Gasteiger charge is -2.15. The Kier molecular flexibility index (Phi) is 11.0. The highest BCUT2D eigenvalue weighted by molar-refractivity contribution is 8.00. The van der Waals surface area contributed by atoms with Crippen LogP contribution in [-0.2, 0) is 22.6 Å². The van der Waals surface area contributed by atoms with Crippen molar-refractivity contribution in [1.82, 2.24) is 14.3 Å². The summed E-state index contributed by atoms with van der Waals surface area (Å²) in [4.78, 5) is 41.2. The van der Waals surface area contributed by atoms with E-state index < -0.39 is 11.8 Å². The number of halogens is 3. The fourth-order valence-corrected chi connectivity index (χ4v) is 5.50. The number of aryl methyl sites for hydroxylation is 1. The molecule has 2 heterocycles. The normalized spacial score (nSPS) is 12.7. The highest BCUT2D eigenvalue weighted by atomic mass is 35.5. The topological polar surface area (TPSA) is 97.9 Å². The molecule has 1 aliphatic heterocycles. The van der Waals surface area contributed by atoms with Crippen molar-refractivity contribution < 1.29 is 18.7 Å². The summed E-state index contributed by atoms with van der Waals surface area (Å²) in [5, 5.41) is 3.57. The number of amides is 2. The third-order valence-electron chi connectivity index (χ3n) is 5.51. The molecule has 1 aliphatic rings. The molecule has 4 rings (SSSR count). The number of benzene rings is 2. The Morgan fingerprint density at radius 3 is 2.49 bits per heavy atom. The number of aromatic nitrogens is 2. The van der Waals surface area contributed by atoms with Crippen LogP contribution in [0.25, 0.3) is 0 Å². The second-order valence-corrected chi connectivity index (χ2v) is 11.4. The number of urea groups is 1. The molecule has 14 heteroatoms. The molecule has 3 aromatic rings. The lowest BCUT2D eigenvalue weighted by atomic mass is 10.2. The summed E-state index contributed by atoms with van der Waals surface area (Å²) in [7, 11) is 4.67. The Labute approximate surface area is 243 Å². The first-order valence-electron chi connectivity index (χ1n) is 11.8. The van der Waals surface area contributed by atoms with E-state index in [1.165, 1.54) is 18.1 Å². The van der Waals surface area contributed by atoms with Crippen molar-refractivity contribution in [2.24, 2.45) is 4.99 Å². The lowest BCUT2D eigenvalue weighted by Crippen LogP contribution is -2.31. The number of ether oxygens (including phenoxy) is 1. The Balaban J connectivity index is 0.000000255. The number of hydrogen-bond donors (Lipinski definition) is 1. The lowest BCUT2D eigenvalue weighted by molar-refractivity contribution is -0.137.